The lowest BCUT2D eigenvalue weighted by molar-refractivity contribution is -0.312. The Hall–Kier alpha value is -6.02. The Balaban J connectivity index is 1.86. The zero-order valence-electron chi connectivity index (χ0n) is 23.3. The average molecular weight is 644 g/mol. The molecule has 232 valence electrons. The Labute approximate surface area is 258 Å². The van der Waals surface area contributed by atoms with Crippen molar-refractivity contribution in [3.8, 4) is 0 Å². The molecular weight excluding hydrogens is 630 g/mol. The maximum atomic E-state index is 15.8. The number of aliphatic imine (C=N–C) groups is 4. The Morgan fingerprint density at radius 2 is 0.936 bits per heavy atom. The molecule has 0 aromatic heterocycles. The zero-order chi connectivity index (χ0) is 33.7. The van der Waals surface area contributed by atoms with Crippen LogP contribution in [0.4, 0.5) is 37.7 Å². The molecule has 6 rings (SSSR count). The van der Waals surface area contributed by atoms with Crippen LogP contribution in [0.2, 0.25) is 0 Å². The van der Waals surface area contributed by atoms with Crippen LogP contribution < -0.4 is 0 Å². The van der Waals surface area contributed by atoms with Crippen LogP contribution in [-0.2, 0) is 19.2 Å². The predicted molar refractivity (Wildman–Crippen MR) is 156 cm³/mol. The summed E-state index contributed by atoms with van der Waals surface area (Å²) < 4.78 is 95.1. The molecule has 0 amide bonds. The average Bonchev–Trinajstić information content (AvgIpc) is 3.02. The minimum Gasteiger partial charge on any atom is -0.211 e. The van der Waals surface area contributed by atoms with Crippen LogP contribution in [0.1, 0.15) is 34.3 Å². The molecule has 0 fully saturated rings. The molecule has 2 atom stereocenters. The van der Waals surface area contributed by atoms with Crippen molar-refractivity contribution < 1.29 is 45.5 Å². The lowest BCUT2D eigenvalue weighted by Crippen LogP contribution is -2.55. The van der Waals surface area contributed by atoms with Gasteiger partial charge in [-0.1, -0.05) is 48.5 Å². The molecule has 2 unspecified atom stereocenters. The van der Waals surface area contributed by atoms with E-state index in [1.165, 1.54) is 72.8 Å². The van der Waals surface area contributed by atoms with E-state index in [1.54, 1.807) is 0 Å². The summed E-state index contributed by atoms with van der Waals surface area (Å²) in [6.45, 7) is 0. The van der Waals surface area contributed by atoms with Gasteiger partial charge in [-0.3, -0.25) is 0 Å². The molecule has 0 aliphatic heterocycles. The SMILES string of the molecule is O=C=Nc1ccc2cccc3c2c1C=C(C(C1=Cc2c(N=C=O)ccc4cccc(c24)C1N=C=O)(C(F)(F)F)C(F)(F)F)C3N=C=O. The number of hydrogen-bond acceptors (Lipinski definition) is 8. The third-order valence-corrected chi connectivity index (χ3v) is 8.38. The normalized spacial score (nSPS) is 17.0. The highest BCUT2D eigenvalue weighted by atomic mass is 19.4. The maximum absolute atomic E-state index is 15.8. The molecule has 47 heavy (non-hydrogen) atoms. The van der Waals surface area contributed by atoms with E-state index in [1.807, 2.05) is 0 Å². The molecule has 0 saturated carbocycles. The van der Waals surface area contributed by atoms with E-state index in [0.29, 0.717) is 22.9 Å². The van der Waals surface area contributed by atoms with Crippen LogP contribution in [0, 0.1) is 5.41 Å². The minimum absolute atomic E-state index is 0.0906. The van der Waals surface area contributed by atoms with E-state index in [0.717, 1.165) is 12.2 Å². The first-order chi connectivity index (χ1) is 22.4. The van der Waals surface area contributed by atoms with Crippen LogP contribution >= 0.6 is 0 Å². The third-order valence-electron chi connectivity index (χ3n) is 8.38. The molecule has 0 heterocycles. The molecular formula is C33H14F6N4O4. The largest absolute Gasteiger partial charge is 0.410 e. The number of isocyanates is 4. The van der Waals surface area contributed by atoms with Crippen LogP contribution in [0.5, 0.6) is 0 Å². The fraction of sp³-hybridized carbons (Fsp3) is 0.152. The molecule has 0 saturated heterocycles. The highest BCUT2D eigenvalue weighted by molar-refractivity contribution is 6.03. The van der Waals surface area contributed by atoms with Crippen LogP contribution in [-0.4, -0.2) is 36.7 Å². The van der Waals surface area contributed by atoms with Gasteiger partial charge in [0, 0.05) is 11.1 Å². The molecule has 14 heteroatoms. The van der Waals surface area contributed by atoms with Crippen molar-refractivity contribution in [3.05, 3.63) is 94.1 Å². The number of halogens is 6. The molecule has 0 bridgehead atoms. The van der Waals surface area contributed by atoms with Crippen LogP contribution in [0.15, 0.2) is 91.8 Å². The summed E-state index contributed by atoms with van der Waals surface area (Å²) >= 11 is 0. The van der Waals surface area contributed by atoms with Crippen molar-refractivity contribution in [2.75, 3.05) is 0 Å². The monoisotopic (exact) mass is 644 g/mol. The van der Waals surface area contributed by atoms with Gasteiger partial charge in [-0.15, -0.1) is 0 Å². The fourth-order valence-electron chi connectivity index (χ4n) is 6.69. The molecule has 4 aromatic carbocycles. The number of benzene rings is 4. The van der Waals surface area contributed by atoms with Gasteiger partial charge in [0.25, 0.3) is 0 Å². The first-order valence-corrected chi connectivity index (χ1v) is 13.4. The first-order valence-electron chi connectivity index (χ1n) is 13.4. The van der Waals surface area contributed by atoms with Crippen molar-refractivity contribution in [2.45, 2.75) is 24.4 Å². The highest BCUT2D eigenvalue weighted by Gasteiger charge is 2.76. The lowest BCUT2D eigenvalue weighted by atomic mass is 9.62. The molecule has 4 aromatic rings. The van der Waals surface area contributed by atoms with E-state index < -0.39 is 41.0 Å². The molecule has 2 aliphatic carbocycles. The summed E-state index contributed by atoms with van der Waals surface area (Å²) in [5, 5.41) is 0.858. The highest BCUT2D eigenvalue weighted by Crippen LogP contribution is 2.67. The van der Waals surface area contributed by atoms with Gasteiger partial charge in [-0.05, 0) is 68.1 Å². The van der Waals surface area contributed by atoms with Gasteiger partial charge >= 0.3 is 12.4 Å². The van der Waals surface area contributed by atoms with Crippen molar-refractivity contribution in [2.24, 2.45) is 25.4 Å². The Kier molecular flexibility index (Phi) is 7.32. The number of hydrogen-bond donors (Lipinski definition) is 0. The van der Waals surface area contributed by atoms with Gasteiger partial charge in [0.2, 0.25) is 29.7 Å². The van der Waals surface area contributed by atoms with Gasteiger partial charge in [-0.2, -0.15) is 46.3 Å². The Bertz CT molecular complexity index is 2120. The quantitative estimate of drug-likeness (QED) is 0.119. The summed E-state index contributed by atoms with van der Waals surface area (Å²) in [5.74, 6) is 0. The fourth-order valence-corrected chi connectivity index (χ4v) is 6.69. The molecule has 0 radical (unpaired) electrons. The first kappa shape index (κ1) is 31.0. The standard InChI is InChI=1S/C33H14F6N4O4/c34-32(35,36)31(33(37,38)39,23-11-21-25(40-13-44)9-7-17-3-1-5-19(27(17)21)29(23)42-15-46)24-12-22-26(41-14-45)10-8-18-4-2-6-20(28(18)22)30(24)43-16-47/h1-12,29-30H. The summed E-state index contributed by atoms with van der Waals surface area (Å²) in [5.41, 5.74) is -9.69. The number of rotatable bonds is 6. The second-order valence-corrected chi connectivity index (χ2v) is 10.5. The number of nitrogens with zero attached hydrogens (tertiary/aromatic N) is 4. The Morgan fingerprint density at radius 1 is 0.532 bits per heavy atom. The molecule has 2 aliphatic rings. The summed E-state index contributed by atoms with van der Waals surface area (Å²) in [7, 11) is 0. The number of carbonyl (C=O) groups excluding carboxylic acids is 4. The third kappa shape index (κ3) is 4.44. The minimum atomic E-state index is -6.25. The van der Waals surface area contributed by atoms with Crippen LogP contribution in [0.3, 0.4) is 0 Å². The topological polar surface area (TPSA) is 118 Å². The van der Waals surface area contributed by atoms with Gasteiger partial charge in [-0.25, -0.2) is 19.2 Å². The van der Waals surface area contributed by atoms with E-state index in [4.69, 9.17) is 0 Å². The molecule has 0 spiro atoms. The van der Waals surface area contributed by atoms with E-state index >= 15 is 26.3 Å². The predicted octanol–water partition coefficient (Wildman–Crippen LogP) is 8.29. The second-order valence-electron chi connectivity index (χ2n) is 10.5. The summed E-state index contributed by atoms with van der Waals surface area (Å²) in [6.07, 6.45) is -6.70. The molecule has 8 nitrogen and oxygen atoms in total. The van der Waals surface area contributed by atoms with Crippen molar-refractivity contribution in [1.82, 2.24) is 0 Å². The van der Waals surface area contributed by atoms with Gasteiger partial charge < -0.3 is 0 Å². The van der Waals surface area contributed by atoms with Crippen LogP contribution in [0.25, 0.3) is 33.7 Å². The van der Waals surface area contributed by atoms with Gasteiger partial charge in [0.15, 0.2) is 0 Å². The second kappa shape index (κ2) is 11.1. The Morgan fingerprint density at radius 3 is 1.28 bits per heavy atom. The maximum Gasteiger partial charge on any atom is 0.410 e. The van der Waals surface area contributed by atoms with Gasteiger partial charge in [0.05, 0.1) is 11.4 Å². The number of alkyl halides is 6. The molecule has 0 N–H and O–H groups in total. The van der Waals surface area contributed by atoms with E-state index in [2.05, 4.69) is 20.0 Å². The van der Waals surface area contributed by atoms with Crippen molar-refractivity contribution >= 4 is 69.4 Å². The zero-order valence-corrected chi connectivity index (χ0v) is 23.3. The smallest absolute Gasteiger partial charge is 0.211 e. The van der Waals surface area contributed by atoms with E-state index in [9.17, 15) is 19.2 Å². The summed E-state index contributed by atoms with van der Waals surface area (Å²) in [6, 6.07) is 8.99. The summed E-state index contributed by atoms with van der Waals surface area (Å²) in [4.78, 5) is 59.9. The van der Waals surface area contributed by atoms with Gasteiger partial charge in [0.1, 0.15) is 12.1 Å². The van der Waals surface area contributed by atoms with E-state index in [-0.39, 0.29) is 44.4 Å². The van der Waals surface area contributed by atoms with Crippen molar-refractivity contribution in [3.63, 3.8) is 0 Å². The lowest BCUT2D eigenvalue weighted by Gasteiger charge is -2.46. The van der Waals surface area contributed by atoms with Crippen molar-refractivity contribution in [1.29, 1.82) is 0 Å².